The number of hydrogen-bond acceptors (Lipinski definition) is 4. The molecule has 170 valence electrons. The summed E-state index contributed by atoms with van der Waals surface area (Å²) in [7, 11) is 0. The predicted octanol–water partition coefficient (Wildman–Crippen LogP) is 4.36. The Labute approximate surface area is 193 Å². The summed E-state index contributed by atoms with van der Waals surface area (Å²) in [5, 5.41) is 2.81. The molecule has 3 aromatic carbocycles. The van der Waals surface area contributed by atoms with Gasteiger partial charge in [0.2, 0.25) is 0 Å². The second-order valence-corrected chi connectivity index (χ2v) is 7.99. The monoisotopic (exact) mass is 445 g/mol. The molecule has 0 bridgehead atoms. The highest BCUT2D eigenvalue weighted by Crippen LogP contribution is 2.15. The van der Waals surface area contributed by atoms with Gasteiger partial charge in [-0.05, 0) is 66.9 Å². The molecule has 0 saturated carbocycles. The van der Waals surface area contributed by atoms with Crippen LogP contribution in [0.25, 0.3) is 0 Å². The van der Waals surface area contributed by atoms with Crippen LogP contribution in [0.4, 0.5) is 5.69 Å². The van der Waals surface area contributed by atoms with Gasteiger partial charge in [0.1, 0.15) is 5.75 Å². The van der Waals surface area contributed by atoms with Crippen LogP contribution in [-0.2, 0) is 0 Å². The first-order chi connectivity index (χ1) is 15.8. The van der Waals surface area contributed by atoms with Crippen molar-refractivity contribution in [3.63, 3.8) is 0 Å². The quantitative estimate of drug-likeness (QED) is 0.471. The van der Waals surface area contributed by atoms with Gasteiger partial charge in [-0.2, -0.15) is 0 Å². The summed E-state index contributed by atoms with van der Waals surface area (Å²) >= 11 is 0. The topological polar surface area (TPSA) is 96.5 Å². The summed E-state index contributed by atoms with van der Waals surface area (Å²) in [4.78, 5) is 37.2. The van der Waals surface area contributed by atoms with Crippen molar-refractivity contribution in [2.24, 2.45) is 5.92 Å². The van der Waals surface area contributed by atoms with Crippen molar-refractivity contribution in [2.45, 2.75) is 20.8 Å². The van der Waals surface area contributed by atoms with Crippen LogP contribution in [0, 0.1) is 12.8 Å². The zero-order valence-corrected chi connectivity index (χ0v) is 18.8. The van der Waals surface area contributed by atoms with Gasteiger partial charge in [0.15, 0.2) is 0 Å². The summed E-state index contributed by atoms with van der Waals surface area (Å²) in [5.74, 6) is -0.208. The number of rotatable bonds is 7. The van der Waals surface area contributed by atoms with E-state index in [0.717, 1.165) is 5.56 Å². The molecule has 3 amide bonds. The number of benzene rings is 3. The lowest BCUT2D eigenvalue weighted by Gasteiger charge is -2.11. The van der Waals surface area contributed by atoms with Crippen LogP contribution >= 0.6 is 0 Å². The van der Waals surface area contributed by atoms with Crippen LogP contribution in [0.5, 0.6) is 5.75 Å². The van der Waals surface area contributed by atoms with E-state index in [9.17, 15) is 14.4 Å². The van der Waals surface area contributed by atoms with Crippen molar-refractivity contribution in [3.8, 4) is 5.75 Å². The highest BCUT2D eigenvalue weighted by Gasteiger charge is 2.12. The van der Waals surface area contributed by atoms with E-state index in [-0.39, 0.29) is 5.91 Å². The van der Waals surface area contributed by atoms with Gasteiger partial charge in [-0.1, -0.05) is 38.1 Å². The fourth-order valence-corrected chi connectivity index (χ4v) is 2.98. The number of carbonyl (C=O) groups is 3. The lowest BCUT2D eigenvalue weighted by Crippen LogP contribution is -2.41. The molecule has 0 unspecified atom stereocenters. The van der Waals surface area contributed by atoms with Gasteiger partial charge in [0.05, 0.1) is 6.61 Å². The second kappa shape index (κ2) is 10.9. The maximum absolute atomic E-state index is 12.4. The molecule has 0 atom stereocenters. The fraction of sp³-hybridized carbons (Fsp3) is 0.192. The Hall–Kier alpha value is -4.13. The van der Waals surface area contributed by atoms with Gasteiger partial charge in [-0.15, -0.1) is 0 Å². The molecule has 0 aliphatic carbocycles. The van der Waals surface area contributed by atoms with Crippen LogP contribution in [-0.4, -0.2) is 24.3 Å². The van der Waals surface area contributed by atoms with Crippen molar-refractivity contribution in [1.82, 2.24) is 10.9 Å². The molecule has 0 aliphatic heterocycles. The number of nitrogens with one attached hydrogen (secondary N) is 3. The van der Waals surface area contributed by atoms with Crippen molar-refractivity contribution in [1.29, 1.82) is 0 Å². The van der Waals surface area contributed by atoms with E-state index in [1.807, 2.05) is 32.9 Å². The molecule has 0 aromatic heterocycles. The number of hydrogen-bond donors (Lipinski definition) is 3. The number of ether oxygens (including phenoxy) is 1. The van der Waals surface area contributed by atoms with Gasteiger partial charge >= 0.3 is 0 Å². The molecule has 7 nitrogen and oxygen atoms in total. The SMILES string of the molecule is Cc1ccccc1C(=O)Nc1ccc(C(=O)NNC(=O)c2cccc(OCC(C)C)c2)cc1. The molecule has 0 fully saturated rings. The third-order valence-corrected chi connectivity index (χ3v) is 4.76. The van der Waals surface area contributed by atoms with Gasteiger partial charge in [-0.25, -0.2) is 0 Å². The molecule has 3 rings (SSSR count). The molecular formula is C26H27N3O4. The van der Waals surface area contributed by atoms with Crippen LogP contribution in [0.3, 0.4) is 0 Å². The summed E-state index contributed by atoms with van der Waals surface area (Å²) in [6.45, 7) is 6.49. The minimum atomic E-state index is -0.479. The summed E-state index contributed by atoms with van der Waals surface area (Å²) in [6, 6.07) is 20.4. The summed E-state index contributed by atoms with van der Waals surface area (Å²) in [5.41, 5.74) is 7.51. The summed E-state index contributed by atoms with van der Waals surface area (Å²) in [6.07, 6.45) is 0. The molecule has 0 heterocycles. The minimum absolute atomic E-state index is 0.225. The molecule has 0 radical (unpaired) electrons. The molecule has 0 aliphatic rings. The van der Waals surface area contributed by atoms with Gasteiger partial charge in [0.25, 0.3) is 17.7 Å². The average Bonchev–Trinajstić information content (AvgIpc) is 2.82. The van der Waals surface area contributed by atoms with Crippen molar-refractivity contribution in [2.75, 3.05) is 11.9 Å². The van der Waals surface area contributed by atoms with Gasteiger partial charge < -0.3 is 10.1 Å². The molecule has 3 aromatic rings. The number of aryl methyl sites for hydroxylation is 1. The van der Waals surface area contributed by atoms with E-state index < -0.39 is 11.8 Å². The van der Waals surface area contributed by atoms with Crippen LogP contribution < -0.4 is 20.9 Å². The highest BCUT2D eigenvalue weighted by atomic mass is 16.5. The number of amides is 3. The van der Waals surface area contributed by atoms with E-state index in [1.54, 1.807) is 60.7 Å². The number of carbonyl (C=O) groups excluding carboxylic acids is 3. The van der Waals surface area contributed by atoms with Crippen molar-refractivity contribution < 1.29 is 19.1 Å². The molecular weight excluding hydrogens is 418 g/mol. The zero-order chi connectivity index (χ0) is 23.8. The number of hydrazine groups is 1. The average molecular weight is 446 g/mol. The van der Waals surface area contributed by atoms with E-state index in [0.29, 0.717) is 40.7 Å². The maximum atomic E-state index is 12.4. The normalized spacial score (nSPS) is 10.4. The van der Waals surface area contributed by atoms with E-state index in [1.165, 1.54) is 0 Å². The predicted molar refractivity (Wildman–Crippen MR) is 127 cm³/mol. The van der Waals surface area contributed by atoms with Crippen molar-refractivity contribution >= 4 is 23.4 Å². The van der Waals surface area contributed by atoms with Crippen molar-refractivity contribution in [3.05, 3.63) is 95.1 Å². The fourth-order valence-electron chi connectivity index (χ4n) is 2.98. The Morgan fingerprint density at radius 1 is 0.788 bits per heavy atom. The van der Waals surface area contributed by atoms with E-state index in [4.69, 9.17) is 4.74 Å². The van der Waals surface area contributed by atoms with Gasteiger partial charge in [-0.3, -0.25) is 25.2 Å². The lowest BCUT2D eigenvalue weighted by atomic mass is 10.1. The molecule has 7 heteroatoms. The Balaban J connectivity index is 1.54. The largest absolute Gasteiger partial charge is 0.493 e. The number of anilines is 1. The van der Waals surface area contributed by atoms with Gasteiger partial charge in [0, 0.05) is 22.4 Å². The molecule has 3 N–H and O–H groups in total. The van der Waals surface area contributed by atoms with E-state index >= 15 is 0 Å². The smallest absolute Gasteiger partial charge is 0.269 e. The summed E-state index contributed by atoms with van der Waals surface area (Å²) < 4.78 is 5.63. The first kappa shape index (κ1) is 23.5. The third-order valence-electron chi connectivity index (χ3n) is 4.76. The third kappa shape index (κ3) is 6.67. The second-order valence-electron chi connectivity index (χ2n) is 7.99. The van der Waals surface area contributed by atoms with Crippen LogP contribution in [0.2, 0.25) is 0 Å². The zero-order valence-electron chi connectivity index (χ0n) is 18.8. The van der Waals surface area contributed by atoms with E-state index in [2.05, 4.69) is 16.2 Å². The first-order valence-electron chi connectivity index (χ1n) is 10.6. The standard InChI is InChI=1S/C26H27N3O4/c1-17(2)16-33-22-9-6-8-20(15-22)25(31)29-28-24(30)19-11-13-21(14-12-19)27-26(32)23-10-5-4-7-18(23)3/h4-15,17H,16H2,1-3H3,(H,27,32)(H,28,30)(H,29,31). The molecule has 0 spiro atoms. The highest BCUT2D eigenvalue weighted by molar-refractivity contribution is 6.05. The molecule has 33 heavy (non-hydrogen) atoms. The van der Waals surface area contributed by atoms with Crippen LogP contribution in [0.1, 0.15) is 50.5 Å². The van der Waals surface area contributed by atoms with Crippen LogP contribution in [0.15, 0.2) is 72.8 Å². The first-order valence-corrected chi connectivity index (χ1v) is 10.6. The molecule has 0 saturated heterocycles. The Morgan fingerprint density at radius 3 is 2.12 bits per heavy atom. The Bertz CT molecular complexity index is 1140. The Kier molecular flexibility index (Phi) is 7.81. The minimum Gasteiger partial charge on any atom is -0.493 e. The lowest BCUT2D eigenvalue weighted by molar-refractivity contribution is 0.0846. The Morgan fingerprint density at radius 2 is 1.45 bits per heavy atom. The maximum Gasteiger partial charge on any atom is 0.269 e.